The molecule has 0 aliphatic heterocycles. The minimum absolute atomic E-state index is 0.102. The van der Waals surface area contributed by atoms with Gasteiger partial charge in [0, 0.05) is 31.4 Å². The maximum atomic E-state index is 12.7. The van der Waals surface area contributed by atoms with E-state index in [1.54, 1.807) is 30.4 Å². The molecule has 4 rings (SSSR count). The van der Waals surface area contributed by atoms with E-state index in [9.17, 15) is 9.59 Å². The molecule has 0 N–H and O–H groups in total. The highest BCUT2D eigenvalue weighted by Crippen LogP contribution is 2.23. The number of hydrogen-bond donors (Lipinski definition) is 0. The summed E-state index contributed by atoms with van der Waals surface area (Å²) in [5.74, 6) is -0.201. The zero-order valence-electron chi connectivity index (χ0n) is 14.1. The first-order valence-electron chi connectivity index (χ1n) is 8.13. The van der Waals surface area contributed by atoms with Crippen molar-refractivity contribution in [2.75, 3.05) is 7.05 Å². The van der Waals surface area contributed by atoms with E-state index >= 15 is 0 Å². The summed E-state index contributed by atoms with van der Waals surface area (Å²) < 4.78 is 6.90. The number of nitrogens with zero attached hydrogens (tertiary/aromatic N) is 4. The minimum atomic E-state index is -0.366. The fourth-order valence-corrected chi connectivity index (χ4v) is 2.85. The Kier molecular flexibility index (Phi) is 3.96. The van der Waals surface area contributed by atoms with Crippen LogP contribution < -0.4 is 5.56 Å². The number of para-hydroxylation sites is 1. The molecular formula is C19H16N4O3. The van der Waals surface area contributed by atoms with E-state index < -0.39 is 0 Å². The molecule has 7 heteroatoms. The van der Waals surface area contributed by atoms with Crippen LogP contribution in [0.1, 0.15) is 5.56 Å². The predicted molar refractivity (Wildman–Crippen MR) is 96.5 cm³/mol. The molecule has 3 heterocycles. The van der Waals surface area contributed by atoms with Crippen molar-refractivity contribution >= 4 is 28.0 Å². The second-order valence-corrected chi connectivity index (χ2v) is 6.06. The molecule has 0 atom stereocenters. The summed E-state index contributed by atoms with van der Waals surface area (Å²) in [5, 5.41) is 0.784. The highest BCUT2D eigenvalue weighted by atomic mass is 16.3. The van der Waals surface area contributed by atoms with Crippen LogP contribution in [-0.2, 0) is 17.9 Å². The number of pyridine rings is 1. The maximum absolute atomic E-state index is 12.7. The largest absolute Gasteiger partial charge is 0.448 e. The summed E-state index contributed by atoms with van der Waals surface area (Å²) in [5.41, 5.74) is 1.83. The van der Waals surface area contributed by atoms with E-state index in [2.05, 4.69) is 9.97 Å². The molecule has 26 heavy (non-hydrogen) atoms. The lowest BCUT2D eigenvalue weighted by molar-refractivity contribution is -0.131. The highest BCUT2D eigenvalue weighted by Gasteiger charge is 2.16. The molecule has 0 aliphatic rings. The molecule has 130 valence electrons. The lowest BCUT2D eigenvalue weighted by Gasteiger charge is -2.17. The van der Waals surface area contributed by atoms with Gasteiger partial charge in [0.05, 0.1) is 6.33 Å². The van der Waals surface area contributed by atoms with Gasteiger partial charge >= 0.3 is 0 Å². The molecule has 7 nitrogen and oxygen atoms in total. The van der Waals surface area contributed by atoms with Gasteiger partial charge in [-0.05, 0) is 23.8 Å². The van der Waals surface area contributed by atoms with Gasteiger partial charge in [-0.25, -0.2) is 4.98 Å². The van der Waals surface area contributed by atoms with Crippen molar-refractivity contribution in [3.63, 3.8) is 0 Å². The minimum Gasteiger partial charge on any atom is -0.448 e. The number of hydrogen-bond acceptors (Lipinski definition) is 5. The van der Waals surface area contributed by atoms with Crippen LogP contribution in [0.25, 0.3) is 22.1 Å². The Labute approximate surface area is 148 Å². The summed E-state index contributed by atoms with van der Waals surface area (Å²) >= 11 is 0. The van der Waals surface area contributed by atoms with Crippen molar-refractivity contribution in [1.82, 2.24) is 19.4 Å². The first-order valence-corrected chi connectivity index (χ1v) is 8.13. The third-order valence-corrected chi connectivity index (χ3v) is 4.22. The van der Waals surface area contributed by atoms with Crippen molar-refractivity contribution in [1.29, 1.82) is 0 Å². The van der Waals surface area contributed by atoms with Crippen LogP contribution in [-0.4, -0.2) is 32.4 Å². The van der Waals surface area contributed by atoms with Gasteiger partial charge in [0.25, 0.3) is 5.56 Å². The number of amides is 1. The number of benzene rings is 1. The zero-order valence-corrected chi connectivity index (χ0v) is 14.1. The average molecular weight is 348 g/mol. The molecule has 0 aliphatic carbocycles. The molecule has 1 aromatic carbocycles. The third kappa shape index (κ3) is 2.83. The van der Waals surface area contributed by atoms with Gasteiger partial charge in [-0.1, -0.05) is 18.2 Å². The summed E-state index contributed by atoms with van der Waals surface area (Å²) in [6.07, 6.45) is 4.78. The highest BCUT2D eigenvalue weighted by molar-refractivity contribution is 6.01. The normalized spacial score (nSPS) is 11.1. The fraction of sp³-hybridized carbons (Fsp3) is 0.158. The van der Waals surface area contributed by atoms with E-state index in [1.807, 2.05) is 30.3 Å². The van der Waals surface area contributed by atoms with Gasteiger partial charge in [0.2, 0.25) is 11.5 Å². The van der Waals surface area contributed by atoms with E-state index in [0.717, 1.165) is 10.9 Å². The average Bonchev–Trinajstić information content (AvgIpc) is 3.04. The monoisotopic (exact) mass is 348 g/mol. The molecule has 0 radical (unpaired) electrons. The van der Waals surface area contributed by atoms with Gasteiger partial charge in [-0.2, -0.15) is 0 Å². The number of rotatable bonds is 4. The Morgan fingerprint density at radius 2 is 2.08 bits per heavy atom. The SMILES string of the molecule is CN(Cc1cccnc1)C(=O)Cn1cnc2c(oc3ccccc32)c1=O. The van der Waals surface area contributed by atoms with E-state index in [-0.39, 0.29) is 23.6 Å². The van der Waals surface area contributed by atoms with Gasteiger partial charge in [-0.15, -0.1) is 0 Å². The summed E-state index contributed by atoms with van der Waals surface area (Å²) in [6, 6.07) is 11.0. The van der Waals surface area contributed by atoms with Gasteiger partial charge in [-0.3, -0.25) is 19.1 Å². The maximum Gasteiger partial charge on any atom is 0.297 e. The molecule has 0 fully saturated rings. The molecule has 0 spiro atoms. The van der Waals surface area contributed by atoms with Crippen LogP contribution in [0.4, 0.5) is 0 Å². The van der Waals surface area contributed by atoms with Gasteiger partial charge < -0.3 is 9.32 Å². The first-order chi connectivity index (χ1) is 12.6. The smallest absolute Gasteiger partial charge is 0.297 e. The van der Waals surface area contributed by atoms with E-state index in [0.29, 0.717) is 17.6 Å². The van der Waals surface area contributed by atoms with Crippen LogP contribution in [0, 0.1) is 0 Å². The second kappa shape index (κ2) is 6.44. The Morgan fingerprint density at radius 1 is 1.23 bits per heavy atom. The van der Waals surface area contributed by atoms with Crippen LogP contribution in [0.3, 0.4) is 0 Å². The zero-order chi connectivity index (χ0) is 18.1. The van der Waals surface area contributed by atoms with Crippen molar-refractivity contribution in [3.05, 3.63) is 71.0 Å². The molecule has 4 aromatic rings. The van der Waals surface area contributed by atoms with Crippen molar-refractivity contribution in [3.8, 4) is 0 Å². The Balaban J connectivity index is 1.60. The standard InChI is InChI=1S/C19H16N4O3/c1-22(10-13-5-4-8-20-9-13)16(24)11-23-12-21-17-14-6-2-3-7-15(14)26-18(17)19(23)25/h2-9,12H,10-11H2,1H3. The molecule has 0 bridgehead atoms. The lowest BCUT2D eigenvalue weighted by Crippen LogP contribution is -2.33. The summed E-state index contributed by atoms with van der Waals surface area (Å²) in [4.78, 5) is 35.0. The third-order valence-electron chi connectivity index (χ3n) is 4.22. The number of likely N-dealkylation sites (N-methyl/N-ethyl adjacent to an activating group) is 1. The number of aromatic nitrogens is 3. The van der Waals surface area contributed by atoms with Crippen LogP contribution in [0.15, 0.2) is 64.3 Å². The van der Waals surface area contributed by atoms with Crippen LogP contribution >= 0.6 is 0 Å². The van der Waals surface area contributed by atoms with Gasteiger partial charge in [0.1, 0.15) is 17.6 Å². The van der Waals surface area contributed by atoms with Crippen molar-refractivity contribution in [2.24, 2.45) is 0 Å². The molecule has 1 amide bonds. The topological polar surface area (TPSA) is 81.2 Å². The predicted octanol–water partition coefficient (Wildman–Crippen LogP) is 2.20. The van der Waals surface area contributed by atoms with Crippen LogP contribution in [0.2, 0.25) is 0 Å². The number of furan rings is 1. The summed E-state index contributed by atoms with van der Waals surface area (Å²) in [6.45, 7) is 0.317. The fourth-order valence-electron chi connectivity index (χ4n) is 2.85. The van der Waals surface area contributed by atoms with Crippen molar-refractivity contribution < 1.29 is 9.21 Å². The Morgan fingerprint density at radius 3 is 2.88 bits per heavy atom. The van der Waals surface area contributed by atoms with Crippen LogP contribution in [0.5, 0.6) is 0 Å². The quantitative estimate of drug-likeness (QED) is 0.565. The molecule has 0 unspecified atom stereocenters. The lowest BCUT2D eigenvalue weighted by atomic mass is 10.2. The number of carbonyl (C=O) groups is 1. The van der Waals surface area contributed by atoms with Crippen molar-refractivity contribution in [2.45, 2.75) is 13.1 Å². The Hall–Kier alpha value is -3.48. The second-order valence-electron chi connectivity index (χ2n) is 6.06. The van der Waals surface area contributed by atoms with E-state index in [4.69, 9.17) is 4.42 Å². The molecule has 0 saturated heterocycles. The Bertz CT molecular complexity index is 1150. The first kappa shape index (κ1) is 16.0. The van der Waals surface area contributed by atoms with E-state index in [1.165, 1.54) is 10.9 Å². The molecule has 0 saturated carbocycles. The molecule has 3 aromatic heterocycles. The number of fused-ring (bicyclic) bond motifs is 3. The summed E-state index contributed by atoms with van der Waals surface area (Å²) in [7, 11) is 1.69. The molecular weight excluding hydrogens is 332 g/mol. The van der Waals surface area contributed by atoms with Gasteiger partial charge in [0.15, 0.2) is 0 Å². The number of carbonyl (C=O) groups excluding carboxylic acids is 1.